The van der Waals surface area contributed by atoms with Gasteiger partial charge < -0.3 is 14.8 Å². The van der Waals surface area contributed by atoms with Crippen molar-refractivity contribution >= 4 is 23.1 Å². The highest BCUT2D eigenvalue weighted by atomic mass is 16.5. The van der Waals surface area contributed by atoms with E-state index in [0.717, 1.165) is 16.7 Å². The van der Waals surface area contributed by atoms with Crippen molar-refractivity contribution < 1.29 is 19.1 Å². The molecule has 1 heterocycles. The molecule has 1 N–H and O–H groups in total. The Hall–Kier alpha value is -3.28. The molecule has 0 aromatic heterocycles. The minimum absolute atomic E-state index is 0.255. The molecule has 0 unspecified atom stereocenters. The molecular formula is C23H26N2O4. The van der Waals surface area contributed by atoms with Crippen molar-refractivity contribution in [1.29, 1.82) is 0 Å². The van der Waals surface area contributed by atoms with E-state index in [-0.39, 0.29) is 23.6 Å². The van der Waals surface area contributed by atoms with Crippen LogP contribution in [0.25, 0.3) is 5.57 Å². The molecule has 1 aliphatic heterocycles. The molecule has 0 atom stereocenters. The minimum Gasteiger partial charge on any atom is -0.497 e. The van der Waals surface area contributed by atoms with Crippen molar-refractivity contribution in [1.82, 2.24) is 4.90 Å². The van der Waals surface area contributed by atoms with Crippen molar-refractivity contribution in [2.45, 2.75) is 33.7 Å². The van der Waals surface area contributed by atoms with Crippen LogP contribution in [-0.2, 0) is 9.59 Å². The summed E-state index contributed by atoms with van der Waals surface area (Å²) in [6.07, 6.45) is 0. The summed E-state index contributed by atoms with van der Waals surface area (Å²) in [5.74, 6) is 0.520. The number of hydrogen-bond acceptors (Lipinski definition) is 5. The van der Waals surface area contributed by atoms with Gasteiger partial charge in [0.1, 0.15) is 17.2 Å². The van der Waals surface area contributed by atoms with Gasteiger partial charge in [0.25, 0.3) is 11.8 Å². The van der Waals surface area contributed by atoms with Gasteiger partial charge in [-0.2, -0.15) is 0 Å². The molecule has 2 aromatic carbocycles. The van der Waals surface area contributed by atoms with Crippen LogP contribution >= 0.6 is 0 Å². The van der Waals surface area contributed by atoms with Gasteiger partial charge in [-0.25, -0.2) is 0 Å². The summed E-state index contributed by atoms with van der Waals surface area (Å²) in [7, 11) is 3.12. The van der Waals surface area contributed by atoms with Crippen molar-refractivity contribution in [3.63, 3.8) is 0 Å². The highest BCUT2D eigenvalue weighted by molar-refractivity contribution is 6.36. The fourth-order valence-corrected chi connectivity index (χ4v) is 3.50. The van der Waals surface area contributed by atoms with Crippen LogP contribution < -0.4 is 14.8 Å². The fraction of sp³-hybridized carbons (Fsp3) is 0.304. The zero-order chi connectivity index (χ0) is 21.3. The molecule has 0 saturated carbocycles. The molecule has 152 valence electrons. The molecule has 6 heteroatoms. The van der Waals surface area contributed by atoms with Gasteiger partial charge in [0, 0.05) is 29.9 Å². The third kappa shape index (κ3) is 3.83. The average molecular weight is 394 g/mol. The third-order valence-corrected chi connectivity index (χ3v) is 4.90. The standard InChI is InChI=1S/C23H26N2O4/c1-13(2)25-22(26)20(19-8-7-14(3)9-15(19)4)21(23(25)27)24-16-10-17(28-5)12-18(11-16)29-6/h7-13,24H,1-6H3. The first-order valence-electron chi connectivity index (χ1n) is 9.46. The summed E-state index contributed by atoms with van der Waals surface area (Å²) in [5, 5.41) is 3.15. The van der Waals surface area contributed by atoms with Crippen molar-refractivity contribution in [3.05, 3.63) is 58.8 Å². The van der Waals surface area contributed by atoms with Gasteiger partial charge in [0.2, 0.25) is 0 Å². The van der Waals surface area contributed by atoms with Gasteiger partial charge in [-0.15, -0.1) is 0 Å². The first kappa shape index (κ1) is 20.5. The van der Waals surface area contributed by atoms with Crippen molar-refractivity contribution in [3.8, 4) is 11.5 Å². The number of imide groups is 1. The number of methoxy groups -OCH3 is 2. The van der Waals surface area contributed by atoms with Crippen LogP contribution in [0, 0.1) is 13.8 Å². The van der Waals surface area contributed by atoms with E-state index in [1.807, 2.05) is 45.9 Å². The number of benzene rings is 2. The van der Waals surface area contributed by atoms with Gasteiger partial charge in [0.15, 0.2) is 0 Å². The lowest BCUT2D eigenvalue weighted by molar-refractivity contribution is -0.138. The molecule has 1 aliphatic rings. The Kier molecular flexibility index (Phi) is 5.64. The van der Waals surface area contributed by atoms with E-state index < -0.39 is 0 Å². The molecule has 0 fully saturated rings. The maximum Gasteiger partial charge on any atom is 0.278 e. The topological polar surface area (TPSA) is 67.9 Å². The molecular weight excluding hydrogens is 368 g/mol. The van der Waals surface area contributed by atoms with Crippen LogP contribution in [0.1, 0.15) is 30.5 Å². The maximum absolute atomic E-state index is 13.2. The van der Waals surface area contributed by atoms with E-state index >= 15 is 0 Å². The first-order chi connectivity index (χ1) is 13.8. The second-order valence-corrected chi connectivity index (χ2v) is 7.37. The summed E-state index contributed by atoms with van der Waals surface area (Å²) in [6.45, 7) is 7.59. The van der Waals surface area contributed by atoms with Crippen LogP contribution in [0.15, 0.2) is 42.1 Å². The summed E-state index contributed by atoms with van der Waals surface area (Å²) in [6, 6.07) is 10.8. The lowest BCUT2D eigenvalue weighted by Crippen LogP contribution is -2.38. The predicted molar refractivity (Wildman–Crippen MR) is 113 cm³/mol. The number of amides is 2. The number of nitrogens with one attached hydrogen (secondary N) is 1. The van der Waals surface area contributed by atoms with Crippen LogP contribution in [0.2, 0.25) is 0 Å². The summed E-state index contributed by atoms with van der Waals surface area (Å²) >= 11 is 0. The van der Waals surface area contributed by atoms with Gasteiger partial charge in [0.05, 0.1) is 19.8 Å². The monoisotopic (exact) mass is 394 g/mol. The Balaban J connectivity index is 2.16. The second-order valence-electron chi connectivity index (χ2n) is 7.37. The molecule has 0 bridgehead atoms. The maximum atomic E-state index is 13.2. The van der Waals surface area contributed by atoms with Crippen molar-refractivity contribution in [2.24, 2.45) is 0 Å². The highest BCUT2D eigenvalue weighted by Crippen LogP contribution is 2.35. The first-order valence-corrected chi connectivity index (χ1v) is 9.46. The number of rotatable bonds is 6. The average Bonchev–Trinajstić information content (AvgIpc) is 2.91. The number of carbonyl (C=O) groups excluding carboxylic acids is 2. The summed E-state index contributed by atoms with van der Waals surface area (Å²) < 4.78 is 10.6. The lowest BCUT2D eigenvalue weighted by Gasteiger charge is -2.19. The Labute approximate surface area is 171 Å². The minimum atomic E-state index is -0.346. The number of nitrogens with zero attached hydrogens (tertiary/aromatic N) is 1. The van der Waals surface area contributed by atoms with Gasteiger partial charge in [-0.05, 0) is 38.8 Å². The van der Waals surface area contributed by atoms with E-state index in [2.05, 4.69) is 5.32 Å². The zero-order valence-electron chi connectivity index (χ0n) is 17.6. The normalized spacial score (nSPS) is 14.1. The SMILES string of the molecule is COc1cc(NC2=C(c3ccc(C)cc3C)C(=O)N(C(C)C)C2=O)cc(OC)c1. The molecule has 2 aromatic rings. The second kappa shape index (κ2) is 7.99. The Morgan fingerprint density at radius 2 is 1.52 bits per heavy atom. The number of aryl methyl sites for hydroxylation is 2. The van der Waals surface area contributed by atoms with E-state index in [4.69, 9.17) is 9.47 Å². The molecule has 2 amide bonds. The number of hydrogen-bond donors (Lipinski definition) is 1. The molecule has 0 spiro atoms. The van der Waals surface area contributed by atoms with Crippen LogP contribution in [0.3, 0.4) is 0 Å². The number of anilines is 1. The molecule has 0 radical (unpaired) electrons. The van der Waals surface area contributed by atoms with Gasteiger partial charge >= 0.3 is 0 Å². The van der Waals surface area contributed by atoms with Gasteiger partial charge in [-0.3, -0.25) is 14.5 Å². The molecule has 6 nitrogen and oxygen atoms in total. The summed E-state index contributed by atoms with van der Waals surface area (Å²) in [4.78, 5) is 27.6. The number of carbonyl (C=O) groups is 2. The van der Waals surface area contributed by atoms with E-state index in [1.54, 1.807) is 32.4 Å². The Morgan fingerprint density at radius 3 is 2.03 bits per heavy atom. The quantitative estimate of drug-likeness (QED) is 0.752. The molecule has 3 rings (SSSR count). The van der Waals surface area contributed by atoms with Crippen LogP contribution in [0.5, 0.6) is 11.5 Å². The van der Waals surface area contributed by atoms with E-state index in [9.17, 15) is 9.59 Å². The molecule has 0 saturated heterocycles. The van der Waals surface area contributed by atoms with E-state index in [0.29, 0.717) is 22.8 Å². The third-order valence-electron chi connectivity index (χ3n) is 4.90. The van der Waals surface area contributed by atoms with Crippen LogP contribution in [-0.4, -0.2) is 37.0 Å². The summed E-state index contributed by atoms with van der Waals surface area (Å²) in [5.41, 5.74) is 4.01. The Bertz CT molecular complexity index is 986. The van der Waals surface area contributed by atoms with Crippen LogP contribution in [0.4, 0.5) is 5.69 Å². The predicted octanol–water partition coefficient (Wildman–Crippen LogP) is 3.92. The van der Waals surface area contributed by atoms with Gasteiger partial charge in [-0.1, -0.05) is 23.8 Å². The lowest BCUT2D eigenvalue weighted by atomic mass is 9.97. The zero-order valence-corrected chi connectivity index (χ0v) is 17.6. The fourth-order valence-electron chi connectivity index (χ4n) is 3.50. The largest absolute Gasteiger partial charge is 0.497 e. The molecule has 29 heavy (non-hydrogen) atoms. The smallest absolute Gasteiger partial charge is 0.278 e. The Morgan fingerprint density at radius 1 is 0.897 bits per heavy atom. The highest BCUT2D eigenvalue weighted by Gasteiger charge is 2.41. The molecule has 0 aliphatic carbocycles. The van der Waals surface area contributed by atoms with E-state index in [1.165, 1.54) is 4.90 Å². The number of ether oxygens (including phenoxy) is 2. The van der Waals surface area contributed by atoms with Crippen molar-refractivity contribution in [2.75, 3.05) is 19.5 Å².